The Morgan fingerprint density at radius 1 is 1.21 bits per heavy atom. The molecule has 2 rings (SSSR count). The fourth-order valence-electron chi connectivity index (χ4n) is 3.23. The summed E-state index contributed by atoms with van der Waals surface area (Å²) < 4.78 is 0. The molecule has 1 aromatic carbocycles. The Hall–Kier alpha value is -2.37. The lowest BCUT2D eigenvalue weighted by Gasteiger charge is -2.23. The van der Waals surface area contributed by atoms with E-state index < -0.39 is 11.4 Å². The van der Waals surface area contributed by atoms with Crippen LogP contribution in [0.25, 0.3) is 0 Å². The lowest BCUT2D eigenvalue weighted by molar-refractivity contribution is -0.150. The average molecular weight is 332 g/mol. The van der Waals surface area contributed by atoms with Gasteiger partial charge in [-0.3, -0.25) is 14.4 Å². The van der Waals surface area contributed by atoms with Gasteiger partial charge in [-0.1, -0.05) is 12.8 Å². The Kier molecular flexibility index (Phi) is 5.59. The van der Waals surface area contributed by atoms with E-state index in [9.17, 15) is 19.5 Å². The predicted molar refractivity (Wildman–Crippen MR) is 91.0 cm³/mol. The second-order valence-electron chi connectivity index (χ2n) is 6.41. The molecule has 1 fully saturated rings. The Bertz CT molecular complexity index is 648. The molecule has 1 saturated carbocycles. The molecule has 2 amide bonds. The summed E-state index contributed by atoms with van der Waals surface area (Å²) in [5.74, 6) is -1.35. The highest BCUT2D eigenvalue weighted by molar-refractivity contribution is 5.97. The number of anilines is 1. The van der Waals surface area contributed by atoms with Crippen molar-refractivity contribution in [3.63, 3.8) is 0 Å². The summed E-state index contributed by atoms with van der Waals surface area (Å²) in [4.78, 5) is 35.6. The molecule has 1 aromatic rings. The van der Waals surface area contributed by atoms with Crippen molar-refractivity contribution in [3.8, 4) is 0 Å². The number of amides is 2. The fourth-order valence-corrected chi connectivity index (χ4v) is 3.23. The topological polar surface area (TPSA) is 95.5 Å². The molecule has 1 aliphatic rings. The van der Waals surface area contributed by atoms with E-state index in [2.05, 4.69) is 10.6 Å². The van der Waals surface area contributed by atoms with Gasteiger partial charge >= 0.3 is 5.97 Å². The number of carboxylic acids is 1. The third kappa shape index (κ3) is 3.93. The number of carbonyl (C=O) groups is 3. The number of hydrogen-bond donors (Lipinski definition) is 3. The number of carboxylic acid groups (broad SMARTS) is 1. The first-order chi connectivity index (χ1) is 11.4. The normalized spacial score (nSPS) is 15.8. The molecule has 1 aliphatic carbocycles. The summed E-state index contributed by atoms with van der Waals surface area (Å²) in [7, 11) is 0. The van der Waals surface area contributed by atoms with Crippen molar-refractivity contribution in [2.75, 3.05) is 11.9 Å². The third-order valence-electron chi connectivity index (χ3n) is 4.61. The van der Waals surface area contributed by atoms with E-state index in [0.29, 0.717) is 30.6 Å². The summed E-state index contributed by atoms with van der Waals surface area (Å²) in [6.07, 6.45) is 2.77. The molecule has 0 aliphatic heterocycles. The van der Waals surface area contributed by atoms with Crippen LogP contribution in [0.5, 0.6) is 0 Å². The second kappa shape index (κ2) is 7.47. The van der Waals surface area contributed by atoms with Gasteiger partial charge in [0.1, 0.15) is 0 Å². The lowest BCUT2D eigenvalue weighted by atomic mass is 9.82. The Balaban J connectivity index is 2.06. The maximum absolute atomic E-state index is 12.3. The van der Waals surface area contributed by atoms with Crippen molar-refractivity contribution in [1.29, 1.82) is 0 Å². The quantitative estimate of drug-likeness (QED) is 0.746. The van der Waals surface area contributed by atoms with Gasteiger partial charge < -0.3 is 15.7 Å². The molecule has 0 spiro atoms. The summed E-state index contributed by atoms with van der Waals surface area (Å²) in [5.41, 5.74) is 0.971. The highest BCUT2D eigenvalue weighted by Crippen LogP contribution is 2.41. The maximum Gasteiger partial charge on any atom is 0.310 e. The molecule has 0 bridgehead atoms. The van der Waals surface area contributed by atoms with E-state index in [1.807, 2.05) is 6.92 Å². The molecule has 0 atom stereocenters. The second-order valence-corrected chi connectivity index (χ2v) is 6.41. The molecule has 3 N–H and O–H groups in total. The first-order valence-electron chi connectivity index (χ1n) is 8.30. The highest BCUT2D eigenvalue weighted by atomic mass is 16.4. The maximum atomic E-state index is 12.3. The number of aryl methyl sites for hydroxylation is 1. The van der Waals surface area contributed by atoms with E-state index in [4.69, 9.17) is 0 Å². The summed E-state index contributed by atoms with van der Waals surface area (Å²) in [6.45, 7) is 4.20. The number of nitrogens with one attached hydrogen (secondary N) is 2. The van der Waals surface area contributed by atoms with Gasteiger partial charge in [-0.15, -0.1) is 0 Å². The zero-order chi connectivity index (χ0) is 17.7. The molecule has 0 saturated heterocycles. The van der Waals surface area contributed by atoms with Crippen LogP contribution in [0.3, 0.4) is 0 Å². The van der Waals surface area contributed by atoms with Crippen LogP contribution in [0.2, 0.25) is 0 Å². The largest absolute Gasteiger partial charge is 0.481 e. The van der Waals surface area contributed by atoms with Crippen LogP contribution in [0, 0.1) is 12.3 Å². The zero-order valence-electron chi connectivity index (χ0n) is 14.1. The molecule has 0 heterocycles. The number of carbonyl (C=O) groups excluding carboxylic acids is 2. The van der Waals surface area contributed by atoms with Crippen molar-refractivity contribution in [2.45, 2.75) is 46.0 Å². The third-order valence-corrected chi connectivity index (χ3v) is 4.61. The van der Waals surface area contributed by atoms with Crippen LogP contribution in [-0.4, -0.2) is 29.4 Å². The number of benzene rings is 1. The van der Waals surface area contributed by atoms with Crippen molar-refractivity contribution in [1.82, 2.24) is 5.32 Å². The molecule has 0 radical (unpaired) electrons. The number of rotatable bonds is 6. The molecule has 6 nitrogen and oxygen atoms in total. The van der Waals surface area contributed by atoms with Crippen LogP contribution in [0.15, 0.2) is 18.2 Å². The van der Waals surface area contributed by atoms with E-state index in [1.165, 1.54) is 0 Å². The Morgan fingerprint density at radius 2 is 1.88 bits per heavy atom. The summed E-state index contributed by atoms with van der Waals surface area (Å²) in [5, 5.41) is 15.0. The van der Waals surface area contributed by atoms with Gasteiger partial charge in [0.2, 0.25) is 5.91 Å². The Morgan fingerprint density at radius 3 is 2.42 bits per heavy atom. The predicted octanol–water partition coefficient (Wildman–Crippen LogP) is 2.72. The van der Waals surface area contributed by atoms with E-state index in [-0.39, 0.29) is 18.2 Å². The van der Waals surface area contributed by atoms with Crippen LogP contribution >= 0.6 is 0 Å². The van der Waals surface area contributed by atoms with Crippen molar-refractivity contribution in [2.24, 2.45) is 5.41 Å². The van der Waals surface area contributed by atoms with Gasteiger partial charge in [0.25, 0.3) is 5.91 Å². The molecule has 130 valence electrons. The van der Waals surface area contributed by atoms with Gasteiger partial charge in [-0.2, -0.15) is 0 Å². The SMILES string of the molecule is CCNC(=O)c1ccc(NC(=O)CC2(C(=O)O)CCCC2)c(C)c1. The molecular weight excluding hydrogens is 308 g/mol. The molecule has 6 heteroatoms. The van der Waals surface area contributed by atoms with E-state index >= 15 is 0 Å². The van der Waals surface area contributed by atoms with Crippen molar-refractivity contribution < 1.29 is 19.5 Å². The van der Waals surface area contributed by atoms with Gasteiger partial charge in [-0.05, 0) is 50.5 Å². The minimum absolute atomic E-state index is 0.0140. The molecular formula is C18H24N2O4. The fraction of sp³-hybridized carbons (Fsp3) is 0.500. The van der Waals surface area contributed by atoms with Gasteiger partial charge in [0, 0.05) is 24.2 Å². The number of aliphatic carboxylic acids is 1. The zero-order valence-corrected chi connectivity index (χ0v) is 14.1. The van der Waals surface area contributed by atoms with Gasteiger partial charge in [-0.25, -0.2) is 0 Å². The van der Waals surface area contributed by atoms with Gasteiger partial charge in [0.15, 0.2) is 0 Å². The Labute approximate surface area is 141 Å². The first-order valence-corrected chi connectivity index (χ1v) is 8.30. The minimum atomic E-state index is -0.932. The lowest BCUT2D eigenvalue weighted by Crippen LogP contribution is -2.32. The highest BCUT2D eigenvalue weighted by Gasteiger charge is 2.42. The van der Waals surface area contributed by atoms with Crippen LogP contribution in [0.1, 0.15) is 54.9 Å². The minimum Gasteiger partial charge on any atom is -0.481 e. The smallest absolute Gasteiger partial charge is 0.310 e. The monoisotopic (exact) mass is 332 g/mol. The molecule has 24 heavy (non-hydrogen) atoms. The molecule has 0 aromatic heterocycles. The standard InChI is InChI=1S/C18H24N2O4/c1-3-19-16(22)13-6-7-14(12(2)10-13)20-15(21)11-18(17(23)24)8-4-5-9-18/h6-7,10H,3-5,8-9,11H2,1-2H3,(H,19,22)(H,20,21)(H,23,24). The van der Waals surface area contributed by atoms with Crippen LogP contribution < -0.4 is 10.6 Å². The van der Waals surface area contributed by atoms with E-state index in [0.717, 1.165) is 18.4 Å². The average Bonchev–Trinajstić information content (AvgIpc) is 2.99. The van der Waals surface area contributed by atoms with Gasteiger partial charge in [0.05, 0.1) is 5.41 Å². The van der Waals surface area contributed by atoms with Crippen molar-refractivity contribution >= 4 is 23.5 Å². The molecule has 0 unspecified atom stereocenters. The van der Waals surface area contributed by atoms with Crippen LogP contribution in [-0.2, 0) is 9.59 Å². The summed E-state index contributed by atoms with van der Waals surface area (Å²) in [6, 6.07) is 5.04. The van der Waals surface area contributed by atoms with Crippen LogP contribution in [0.4, 0.5) is 5.69 Å². The summed E-state index contributed by atoms with van der Waals surface area (Å²) >= 11 is 0. The van der Waals surface area contributed by atoms with E-state index in [1.54, 1.807) is 25.1 Å². The number of hydrogen-bond acceptors (Lipinski definition) is 3. The first kappa shape index (κ1) is 18.0. The van der Waals surface area contributed by atoms with Crippen molar-refractivity contribution in [3.05, 3.63) is 29.3 Å².